The minimum atomic E-state index is 0.696. The van der Waals surface area contributed by atoms with Gasteiger partial charge in [-0.15, -0.1) is 0 Å². The molecule has 0 saturated heterocycles. The average molecular weight is 331 g/mol. The Kier molecular flexibility index (Phi) is 7.26. The van der Waals surface area contributed by atoms with Crippen LogP contribution in [0.25, 0.3) is 0 Å². The van der Waals surface area contributed by atoms with Gasteiger partial charge in [0.2, 0.25) is 0 Å². The van der Waals surface area contributed by atoms with Gasteiger partial charge in [0, 0.05) is 12.2 Å². The van der Waals surface area contributed by atoms with Gasteiger partial charge in [-0.25, -0.2) is 0 Å². The summed E-state index contributed by atoms with van der Waals surface area (Å²) < 4.78 is 0. The monoisotopic (exact) mass is 330 g/mol. The maximum atomic E-state index is 5.38. The van der Waals surface area contributed by atoms with E-state index in [-0.39, 0.29) is 0 Å². The van der Waals surface area contributed by atoms with Gasteiger partial charge >= 0.3 is 0 Å². The zero-order chi connectivity index (χ0) is 15.6. The van der Waals surface area contributed by atoms with E-state index in [1.54, 1.807) is 0 Å². The van der Waals surface area contributed by atoms with E-state index in [0.29, 0.717) is 5.11 Å². The van der Waals surface area contributed by atoms with Crippen LogP contribution in [-0.2, 0) is 6.42 Å². The van der Waals surface area contributed by atoms with Gasteiger partial charge in [-0.1, -0.05) is 48.5 Å². The zero-order valence-electron chi connectivity index (χ0n) is 12.8. The number of thioether (sulfide) groups is 1. The largest absolute Gasteiger partial charge is 0.362 e. The second-order valence-electron chi connectivity index (χ2n) is 5.05. The van der Waals surface area contributed by atoms with Gasteiger partial charge in [-0.2, -0.15) is 11.8 Å². The minimum absolute atomic E-state index is 0.696. The summed E-state index contributed by atoms with van der Waals surface area (Å²) in [5.74, 6) is 1.15. The van der Waals surface area contributed by atoms with Crippen molar-refractivity contribution in [3.05, 3.63) is 65.7 Å². The molecule has 0 atom stereocenters. The predicted molar refractivity (Wildman–Crippen MR) is 103 cm³/mol. The summed E-state index contributed by atoms with van der Waals surface area (Å²) in [7, 11) is 0. The summed E-state index contributed by atoms with van der Waals surface area (Å²) in [6.45, 7) is 0.910. The lowest BCUT2D eigenvalue weighted by Gasteiger charge is -2.14. The minimum Gasteiger partial charge on any atom is -0.362 e. The van der Waals surface area contributed by atoms with Crippen molar-refractivity contribution in [2.45, 2.75) is 12.8 Å². The Morgan fingerprint density at radius 3 is 2.55 bits per heavy atom. The van der Waals surface area contributed by atoms with E-state index in [2.05, 4.69) is 59.4 Å². The smallest absolute Gasteiger partial charge is 0.170 e. The van der Waals surface area contributed by atoms with E-state index >= 15 is 0 Å². The summed E-state index contributed by atoms with van der Waals surface area (Å²) in [6, 6.07) is 18.8. The molecule has 22 heavy (non-hydrogen) atoms. The molecular weight excluding hydrogens is 308 g/mol. The van der Waals surface area contributed by atoms with Crippen LogP contribution >= 0.6 is 24.0 Å². The Morgan fingerprint density at radius 1 is 1.05 bits per heavy atom. The quantitative estimate of drug-likeness (QED) is 0.583. The lowest BCUT2D eigenvalue weighted by molar-refractivity contribution is 0.855. The molecule has 2 aromatic rings. The molecule has 4 heteroatoms. The highest BCUT2D eigenvalue weighted by molar-refractivity contribution is 7.98. The third-order valence-corrected chi connectivity index (χ3v) is 4.26. The number of hydrogen-bond donors (Lipinski definition) is 2. The number of rotatable bonds is 7. The van der Waals surface area contributed by atoms with Crippen LogP contribution in [-0.4, -0.2) is 23.7 Å². The third-order valence-electron chi connectivity index (χ3n) is 3.31. The summed E-state index contributed by atoms with van der Waals surface area (Å²) >= 11 is 7.24. The first kappa shape index (κ1) is 16.8. The van der Waals surface area contributed by atoms with Crippen LogP contribution in [0.2, 0.25) is 0 Å². The van der Waals surface area contributed by atoms with Gasteiger partial charge in [-0.05, 0) is 54.3 Å². The summed E-state index contributed by atoms with van der Waals surface area (Å²) in [6.07, 6.45) is 4.14. The average Bonchev–Trinajstić information content (AvgIpc) is 2.54. The zero-order valence-corrected chi connectivity index (χ0v) is 14.5. The Bertz CT molecular complexity index is 585. The van der Waals surface area contributed by atoms with Gasteiger partial charge < -0.3 is 10.6 Å². The number of para-hydroxylation sites is 1. The van der Waals surface area contributed by atoms with Crippen molar-refractivity contribution in [1.29, 1.82) is 0 Å². The van der Waals surface area contributed by atoms with Crippen LogP contribution in [0.1, 0.15) is 17.5 Å². The molecule has 2 N–H and O–H groups in total. The highest BCUT2D eigenvalue weighted by Gasteiger charge is 2.04. The molecule has 0 saturated carbocycles. The highest BCUT2D eigenvalue weighted by atomic mass is 32.2. The van der Waals surface area contributed by atoms with Gasteiger partial charge in [0.25, 0.3) is 0 Å². The molecule has 0 fully saturated rings. The highest BCUT2D eigenvalue weighted by Crippen LogP contribution is 2.19. The molecule has 0 heterocycles. The van der Waals surface area contributed by atoms with Gasteiger partial charge in [0.15, 0.2) is 5.11 Å². The molecule has 0 bridgehead atoms. The van der Waals surface area contributed by atoms with E-state index in [1.807, 2.05) is 23.9 Å². The Morgan fingerprint density at radius 2 is 1.77 bits per heavy atom. The van der Waals surface area contributed by atoms with Crippen LogP contribution in [0.4, 0.5) is 5.69 Å². The maximum Gasteiger partial charge on any atom is 0.170 e. The Labute approximate surface area is 142 Å². The number of nitrogens with one attached hydrogen (secondary N) is 2. The van der Waals surface area contributed by atoms with Crippen molar-refractivity contribution >= 4 is 34.8 Å². The molecule has 2 nitrogen and oxygen atoms in total. The summed E-state index contributed by atoms with van der Waals surface area (Å²) in [5, 5.41) is 7.28. The van der Waals surface area contributed by atoms with E-state index in [0.717, 1.165) is 30.8 Å². The number of anilines is 1. The molecule has 0 amide bonds. The van der Waals surface area contributed by atoms with Crippen molar-refractivity contribution in [2.75, 3.05) is 23.9 Å². The Balaban J connectivity index is 1.95. The molecule has 0 radical (unpaired) electrons. The molecule has 0 aliphatic carbocycles. The molecule has 0 aromatic heterocycles. The predicted octanol–water partition coefficient (Wildman–Crippen LogP) is 4.32. The standard InChI is InChI=1S/C18H22N2S2/c1-22-13-7-12-19-18(21)20-17-11-6-5-10-16(17)14-15-8-3-2-4-9-15/h2-6,8-11H,7,12-14H2,1H3,(H2,19,20,21). The first-order valence-corrected chi connectivity index (χ1v) is 9.25. The number of thiocarbonyl (C=S) groups is 1. The van der Waals surface area contributed by atoms with Crippen molar-refractivity contribution in [1.82, 2.24) is 5.32 Å². The lowest BCUT2D eigenvalue weighted by atomic mass is 10.0. The molecule has 0 aliphatic rings. The summed E-state index contributed by atoms with van der Waals surface area (Å²) in [4.78, 5) is 0. The van der Waals surface area contributed by atoms with Gasteiger partial charge in [-0.3, -0.25) is 0 Å². The van der Waals surface area contributed by atoms with Crippen LogP contribution in [0.5, 0.6) is 0 Å². The van der Waals surface area contributed by atoms with E-state index in [9.17, 15) is 0 Å². The number of hydrogen-bond acceptors (Lipinski definition) is 2. The fourth-order valence-electron chi connectivity index (χ4n) is 2.20. The van der Waals surface area contributed by atoms with E-state index in [4.69, 9.17) is 12.2 Å². The van der Waals surface area contributed by atoms with Crippen molar-refractivity contribution in [3.63, 3.8) is 0 Å². The lowest BCUT2D eigenvalue weighted by Crippen LogP contribution is -2.29. The fourth-order valence-corrected chi connectivity index (χ4v) is 2.84. The van der Waals surface area contributed by atoms with Gasteiger partial charge in [0.1, 0.15) is 0 Å². The van der Waals surface area contributed by atoms with Crippen molar-refractivity contribution in [3.8, 4) is 0 Å². The molecule has 2 aromatic carbocycles. The summed E-state index contributed by atoms with van der Waals surface area (Å²) in [5.41, 5.74) is 3.63. The fraction of sp³-hybridized carbons (Fsp3) is 0.278. The second-order valence-corrected chi connectivity index (χ2v) is 6.44. The molecule has 0 unspecified atom stereocenters. The SMILES string of the molecule is CSCCCNC(=S)Nc1ccccc1Cc1ccccc1. The normalized spacial score (nSPS) is 10.2. The second kappa shape index (κ2) is 9.49. The Hall–Kier alpha value is -1.52. The van der Waals surface area contributed by atoms with Crippen LogP contribution in [0.15, 0.2) is 54.6 Å². The van der Waals surface area contributed by atoms with E-state index in [1.165, 1.54) is 11.1 Å². The van der Waals surface area contributed by atoms with Crippen LogP contribution in [0.3, 0.4) is 0 Å². The first-order valence-electron chi connectivity index (χ1n) is 7.45. The van der Waals surface area contributed by atoms with Gasteiger partial charge in [0.05, 0.1) is 0 Å². The first-order chi connectivity index (χ1) is 10.8. The van der Waals surface area contributed by atoms with Crippen molar-refractivity contribution in [2.24, 2.45) is 0 Å². The molecule has 0 spiro atoms. The molecule has 2 rings (SSSR count). The molecule has 0 aliphatic heterocycles. The molecular formula is C18H22N2S2. The van der Waals surface area contributed by atoms with Crippen molar-refractivity contribution < 1.29 is 0 Å². The van der Waals surface area contributed by atoms with Crippen LogP contribution < -0.4 is 10.6 Å². The third kappa shape index (κ3) is 5.70. The van der Waals surface area contributed by atoms with E-state index < -0.39 is 0 Å². The maximum absolute atomic E-state index is 5.38. The van der Waals surface area contributed by atoms with Crippen LogP contribution in [0, 0.1) is 0 Å². The molecule has 116 valence electrons. The number of benzene rings is 2. The topological polar surface area (TPSA) is 24.1 Å².